The van der Waals surface area contributed by atoms with Gasteiger partial charge in [-0.3, -0.25) is 4.57 Å². The molecule has 2 aromatic rings. The Balaban J connectivity index is 1.70. The number of aliphatic hydroxyl groups is 2. The zero-order chi connectivity index (χ0) is 16.8. The third kappa shape index (κ3) is 2.48. The predicted octanol–water partition coefficient (Wildman–Crippen LogP) is 0.402. The largest absolute Gasteiger partial charge is 0.388 e. The van der Waals surface area contributed by atoms with E-state index in [1.807, 2.05) is 0 Å². The van der Waals surface area contributed by atoms with Crippen LogP contribution in [0.2, 0.25) is 0 Å². The van der Waals surface area contributed by atoms with Gasteiger partial charge in [-0.1, -0.05) is 12.8 Å². The first-order valence-electron chi connectivity index (χ1n) is 8.33. The summed E-state index contributed by atoms with van der Waals surface area (Å²) < 4.78 is 7.25. The first-order chi connectivity index (χ1) is 11.5. The highest BCUT2D eigenvalue weighted by Crippen LogP contribution is 2.32. The first-order valence-corrected chi connectivity index (χ1v) is 8.33. The van der Waals surface area contributed by atoms with Gasteiger partial charge in [0.05, 0.1) is 12.4 Å². The van der Waals surface area contributed by atoms with E-state index in [2.05, 4.69) is 20.3 Å². The van der Waals surface area contributed by atoms with E-state index in [9.17, 15) is 10.2 Å². The summed E-state index contributed by atoms with van der Waals surface area (Å²) in [5.74, 6) is 0.732. The Labute approximate surface area is 138 Å². The Morgan fingerprint density at radius 3 is 2.67 bits per heavy atom. The smallest absolute Gasteiger partial charge is 0.226 e. The molecule has 3 heterocycles. The molecule has 24 heavy (non-hydrogen) atoms. The normalized spacial score (nSPS) is 31.1. The molecule has 2 fully saturated rings. The molecule has 9 heteroatoms. The highest BCUT2D eigenvalue weighted by molar-refractivity contribution is 5.83. The number of fused-ring (bicyclic) bond motifs is 1. The third-order valence-electron chi connectivity index (χ3n) is 4.89. The monoisotopic (exact) mass is 334 g/mol. The number of aliphatic hydroxyl groups excluding tert-OH is 2. The molecule has 1 aliphatic carbocycles. The number of hydrogen-bond donors (Lipinski definition) is 4. The minimum absolute atomic E-state index is 0.278. The molecule has 4 atom stereocenters. The van der Waals surface area contributed by atoms with Gasteiger partial charge >= 0.3 is 0 Å². The summed E-state index contributed by atoms with van der Waals surface area (Å²) in [6.07, 6.45) is 2.85. The van der Waals surface area contributed by atoms with Gasteiger partial charge in [0.1, 0.15) is 17.7 Å². The predicted molar refractivity (Wildman–Crippen MR) is 87.2 cm³/mol. The molecule has 1 saturated carbocycles. The topological polar surface area (TPSA) is 131 Å². The number of aromatic nitrogens is 4. The molecule has 0 amide bonds. The van der Waals surface area contributed by atoms with E-state index in [4.69, 9.17) is 10.5 Å². The van der Waals surface area contributed by atoms with E-state index >= 15 is 0 Å². The molecule has 130 valence electrons. The lowest BCUT2D eigenvalue weighted by atomic mass is 10.1. The van der Waals surface area contributed by atoms with Crippen molar-refractivity contribution in [3.05, 3.63) is 6.33 Å². The molecule has 2 aromatic heterocycles. The number of nitrogens with one attached hydrogen (secondary N) is 1. The van der Waals surface area contributed by atoms with Crippen LogP contribution >= 0.6 is 0 Å². The van der Waals surface area contributed by atoms with E-state index in [1.165, 1.54) is 19.2 Å². The van der Waals surface area contributed by atoms with Crippen LogP contribution in [0.5, 0.6) is 0 Å². The molecule has 1 saturated heterocycles. The van der Waals surface area contributed by atoms with Gasteiger partial charge in [0.2, 0.25) is 5.95 Å². The molecule has 0 unspecified atom stereocenters. The summed E-state index contributed by atoms with van der Waals surface area (Å²) in [6.45, 7) is 1.71. The van der Waals surface area contributed by atoms with E-state index < -0.39 is 24.5 Å². The molecular formula is C15H22N6O3. The SMILES string of the molecule is C[C@H]1O[C@@H](n2cnc3c(N)nc(NC4CCCC4)nc32)[C@H](O)[C@@H]1O. The summed E-state index contributed by atoms with van der Waals surface area (Å²) >= 11 is 0. The van der Waals surface area contributed by atoms with E-state index in [-0.39, 0.29) is 5.82 Å². The highest BCUT2D eigenvalue weighted by Gasteiger charge is 2.42. The summed E-state index contributed by atoms with van der Waals surface area (Å²) in [5.41, 5.74) is 6.95. The number of rotatable bonds is 3. The average Bonchev–Trinajstić information content (AvgIpc) is 3.25. The Bertz CT molecular complexity index is 744. The maximum absolute atomic E-state index is 10.2. The summed E-state index contributed by atoms with van der Waals surface area (Å²) in [6, 6.07) is 0.355. The molecule has 5 N–H and O–H groups in total. The quantitative estimate of drug-likeness (QED) is 0.634. The van der Waals surface area contributed by atoms with Crippen LogP contribution in [0, 0.1) is 0 Å². The number of anilines is 2. The lowest BCUT2D eigenvalue weighted by Crippen LogP contribution is -2.30. The van der Waals surface area contributed by atoms with Gasteiger partial charge in [-0.2, -0.15) is 9.97 Å². The molecule has 0 radical (unpaired) electrons. The lowest BCUT2D eigenvalue weighted by Gasteiger charge is -2.17. The average molecular weight is 334 g/mol. The second-order valence-electron chi connectivity index (χ2n) is 6.60. The number of ether oxygens (including phenoxy) is 1. The van der Waals surface area contributed by atoms with E-state index in [1.54, 1.807) is 11.5 Å². The van der Waals surface area contributed by atoms with Gasteiger partial charge in [0.15, 0.2) is 17.7 Å². The Morgan fingerprint density at radius 1 is 1.25 bits per heavy atom. The van der Waals surface area contributed by atoms with Gasteiger partial charge < -0.3 is 26.0 Å². The Kier molecular flexibility index (Phi) is 3.78. The number of imidazole rings is 1. The van der Waals surface area contributed by atoms with Crippen LogP contribution < -0.4 is 11.1 Å². The second-order valence-corrected chi connectivity index (χ2v) is 6.60. The minimum atomic E-state index is -1.06. The number of nitrogens with two attached hydrogens (primary N) is 1. The van der Waals surface area contributed by atoms with Crippen LogP contribution in [0.1, 0.15) is 38.8 Å². The zero-order valence-corrected chi connectivity index (χ0v) is 13.5. The molecule has 0 bridgehead atoms. The Hall–Kier alpha value is -1.97. The minimum Gasteiger partial charge on any atom is -0.388 e. The van der Waals surface area contributed by atoms with Crippen molar-refractivity contribution in [1.82, 2.24) is 19.5 Å². The molecule has 0 spiro atoms. The maximum atomic E-state index is 10.2. The van der Waals surface area contributed by atoms with Gasteiger partial charge in [-0.05, 0) is 19.8 Å². The van der Waals surface area contributed by atoms with Crippen molar-refractivity contribution >= 4 is 22.9 Å². The fourth-order valence-corrected chi connectivity index (χ4v) is 3.50. The van der Waals surface area contributed by atoms with Crippen LogP contribution in [0.15, 0.2) is 6.33 Å². The molecule has 9 nitrogen and oxygen atoms in total. The summed E-state index contributed by atoms with van der Waals surface area (Å²) in [7, 11) is 0. The fraction of sp³-hybridized carbons (Fsp3) is 0.667. The van der Waals surface area contributed by atoms with Crippen LogP contribution in [-0.2, 0) is 4.74 Å². The van der Waals surface area contributed by atoms with E-state index in [0.29, 0.717) is 23.2 Å². The summed E-state index contributed by atoms with van der Waals surface area (Å²) in [4.78, 5) is 13.0. The van der Waals surface area contributed by atoms with Crippen molar-refractivity contribution in [2.75, 3.05) is 11.1 Å². The van der Waals surface area contributed by atoms with Crippen LogP contribution in [0.25, 0.3) is 11.2 Å². The zero-order valence-electron chi connectivity index (χ0n) is 13.5. The van der Waals surface area contributed by atoms with E-state index in [0.717, 1.165) is 12.8 Å². The van der Waals surface area contributed by atoms with Gasteiger partial charge in [0, 0.05) is 6.04 Å². The Morgan fingerprint density at radius 2 is 2.00 bits per heavy atom. The molecule has 2 aliphatic rings. The molecule has 4 rings (SSSR count). The van der Waals surface area contributed by atoms with Gasteiger partial charge in [-0.15, -0.1) is 0 Å². The molecule has 1 aliphatic heterocycles. The maximum Gasteiger partial charge on any atom is 0.226 e. The molecule has 0 aromatic carbocycles. The second kappa shape index (κ2) is 5.83. The molecular weight excluding hydrogens is 312 g/mol. The van der Waals surface area contributed by atoms with Crippen molar-refractivity contribution in [3.63, 3.8) is 0 Å². The van der Waals surface area contributed by atoms with Crippen molar-refractivity contribution in [2.24, 2.45) is 0 Å². The van der Waals surface area contributed by atoms with Crippen molar-refractivity contribution < 1.29 is 14.9 Å². The first kappa shape index (κ1) is 15.6. The lowest BCUT2D eigenvalue weighted by molar-refractivity contribution is -0.0299. The van der Waals surface area contributed by atoms with Crippen molar-refractivity contribution in [3.8, 4) is 0 Å². The number of hydrogen-bond acceptors (Lipinski definition) is 8. The summed E-state index contributed by atoms with van der Waals surface area (Å²) in [5, 5.41) is 23.5. The van der Waals surface area contributed by atoms with Gasteiger partial charge in [-0.25, -0.2) is 4.98 Å². The van der Waals surface area contributed by atoms with Crippen molar-refractivity contribution in [2.45, 2.75) is 63.2 Å². The number of nitrogens with zero attached hydrogens (tertiary/aromatic N) is 4. The number of nitrogen functional groups attached to an aromatic ring is 1. The standard InChI is InChI=1S/C15H22N6O3/c1-7-10(22)11(23)14(24-7)21-6-17-9-12(16)19-15(20-13(9)21)18-8-4-2-3-5-8/h6-8,10-11,14,22-23H,2-5H2,1H3,(H3,16,18,19,20)/t7-,10-,11-,14-/m1/s1. The van der Waals surface area contributed by atoms with Gasteiger partial charge in [0.25, 0.3) is 0 Å². The van der Waals surface area contributed by atoms with Crippen LogP contribution in [-0.4, -0.2) is 54.1 Å². The third-order valence-corrected chi connectivity index (χ3v) is 4.89. The van der Waals surface area contributed by atoms with Crippen LogP contribution in [0.3, 0.4) is 0 Å². The van der Waals surface area contributed by atoms with Crippen LogP contribution in [0.4, 0.5) is 11.8 Å². The highest BCUT2D eigenvalue weighted by atomic mass is 16.6. The fourth-order valence-electron chi connectivity index (χ4n) is 3.50. The van der Waals surface area contributed by atoms with Crippen molar-refractivity contribution in [1.29, 1.82) is 0 Å².